The molecule has 1 fully saturated rings. The molecule has 1 aromatic heterocycles. The lowest BCUT2D eigenvalue weighted by Crippen LogP contribution is -2.33. The quantitative estimate of drug-likeness (QED) is 0.794. The first-order valence-electron chi connectivity index (χ1n) is 5.78. The SMILES string of the molecule is CC(=O)N1CCCN(c2ccncc2Br)CC1. The molecule has 1 aliphatic rings. The van der Waals surface area contributed by atoms with E-state index in [4.69, 9.17) is 0 Å². The van der Waals surface area contributed by atoms with Gasteiger partial charge in [-0.2, -0.15) is 0 Å². The van der Waals surface area contributed by atoms with E-state index < -0.39 is 0 Å². The normalized spacial score (nSPS) is 16.8. The lowest BCUT2D eigenvalue weighted by atomic mass is 10.3. The summed E-state index contributed by atoms with van der Waals surface area (Å²) in [5.41, 5.74) is 1.16. The van der Waals surface area contributed by atoms with E-state index in [1.807, 2.05) is 17.2 Å². The minimum atomic E-state index is 0.167. The fraction of sp³-hybridized carbons (Fsp3) is 0.500. The van der Waals surface area contributed by atoms with E-state index in [9.17, 15) is 4.79 Å². The maximum Gasteiger partial charge on any atom is 0.219 e. The zero-order valence-corrected chi connectivity index (χ0v) is 11.5. The summed E-state index contributed by atoms with van der Waals surface area (Å²) in [6, 6.07) is 2.01. The first-order chi connectivity index (χ1) is 8.18. The molecule has 1 aliphatic heterocycles. The van der Waals surface area contributed by atoms with Gasteiger partial charge in [0.1, 0.15) is 0 Å². The van der Waals surface area contributed by atoms with Gasteiger partial charge < -0.3 is 9.80 Å². The lowest BCUT2D eigenvalue weighted by Gasteiger charge is -2.24. The van der Waals surface area contributed by atoms with Crippen molar-refractivity contribution >= 4 is 27.5 Å². The summed E-state index contributed by atoms with van der Waals surface area (Å²) in [6.07, 6.45) is 4.62. The van der Waals surface area contributed by atoms with E-state index in [2.05, 4.69) is 25.8 Å². The highest BCUT2D eigenvalue weighted by Gasteiger charge is 2.17. The summed E-state index contributed by atoms with van der Waals surface area (Å²) < 4.78 is 1.01. The van der Waals surface area contributed by atoms with Crippen LogP contribution in [0, 0.1) is 0 Å². The molecule has 0 saturated carbocycles. The highest BCUT2D eigenvalue weighted by molar-refractivity contribution is 9.10. The topological polar surface area (TPSA) is 36.4 Å². The Morgan fingerprint density at radius 2 is 2.18 bits per heavy atom. The Morgan fingerprint density at radius 3 is 2.88 bits per heavy atom. The van der Waals surface area contributed by atoms with Crippen LogP contribution in [-0.2, 0) is 4.79 Å². The lowest BCUT2D eigenvalue weighted by molar-refractivity contribution is -0.128. The number of hydrogen-bond donors (Lipinski definition) is 0. The van der Waals surface area contributed by atoms with Crippen LogP contribution in [0.3, 0.4) is 0 Å². The van der Waals surface area contributed by atoms with Crippen molar-refractivity contribution in [3.05, 3.63) is 22.9 Å². The van der Waals surface area contributed by atoms with E-state index in [-0.39, 0.29) is 5.91 Å². The second-order valence-electron chi connectivity index (χ2n) is 4.17. The van der Waals surface area contributed by atoms with Crippen LogP contribution < -0.4 is 4.90 Å². The smallest absolute Gasteiger partial charge is 0.219 e. The number of carbonyl (C=O) groups excluding carboxylic acids is 1. The number of nitrogens with zero attached hydrogens (tertiary/aromatic N) is 3. The van der Waals surface area contributed by atoms with Gasteiger partial charge in [-0.1, -0.05) is 0 Å². The van der Waals surface area contributed by atoms with Gasteiger partial charge in [0.05, 0.1) is 10.2 Å². The Kier molecular flexibility index (Phi) is 3.99. The molecule has 0 aromatic carbocycles. The van der Waals surface area contributed by atoms with Crippen molar-refractivity contribution in [2.75, 3.05) is 31.1 Å². The number of halogens is 1. The van der Waals surface area contributed by atoms with Crippen molar-refractivity contribution < 1.29 is 4.79 Å². The maximum atomic E-state index is 11.3. The van der Waals surface area contributed by atoms with Crippen LogP contribution in [0.1, 0.15) is 13.3 Å². The van der Waals surface area contributed by atoms with Gasteiger partial charge in [0.25, 0.3) is 0 Å². The molecule has 0 aliphatic carbocycles. The van der Waals surface area contributed by atoms with Gasteiger partial charge in [0, 0.05) is 45.5 Å². The van der Waals surface area contributed by atoms with Crippen LogP contribution in [0.25, 0.3) is 0 Å². The third-order valence-corrected chi connectivity index (χ3v) is 3.64. The average molecular weight is 298 g/mol. The Labute approximate surface area is 110 Å². The Bertz CT molecular complexity index is 410. The number of aromatic nitrogens is 1. The van der Waals surface area contributed by atoms with Crippen molar-refractivity contribution in [3.8, 4) is 0 Å². The molecular formula is C12H16BrN3O. The Balaban J connectivity index is 2.09. The average Bonchev–Trinajstić information content (AvgIpc) is 2.55. The maximum absolute atomic E-state index is 11.3. The zero-order chi connectivity index (χ0) is 12.3. The molecule has 0 radical (unpaired) electrons. The summed E-state index contributed by atoms with van der Waals surface area (Å²) in [5.74, 6) is 0.167. The van der Waals surface area contributed by atoms with Crippen molar-refractivity contribution in [3.63, 3.8) is 0 Å². The predicted molar refractivity (Wildman–Crippen MR) is 71.0 cm³/mol. The van der Waals surface area contributed by atoms with E-state index >= 15 is 0 Å². The van der Waals surface area contributed by atoms with Gasteiger partial charge in [0.2, 0.25) is 5.91 Å². The summed E-state index contributed by atoms with van der Waals surface area (Å²) in [4.78, 5) is 19.6. The number of carbonyl (C=O) groups is 1. The minimum absolute atomic E-state index is 0.167. The zero-order valence-electron chi connectivity index (χ0n) is 9.90. The number of amides is 1. The summed E-state index contributed by atoms with van der Waals surface area (Å²) in [6.45, 7) is 5.14. The molecule has 0 N–H and O–H groups in total. The molecule has 5 heteroatoms. The fourth-order valence-corrected chi connectivity index (χ4v) is 2.60. The monoisotopic (exact) mass is 297 g/mol. The minimum Gasteiger partial charge on any atom is -0.369 e. The van der Waals surface area contributed by atoms with E-state index in [1.165, 1.54) is 0 Å². The van der Waals surface area contributed by atoms with Crippen LogP contribution in [0.5, 0.6) is 0 Å². The number of rotatable bonds is 1. The van der Waals surface area contributed by atoms with Crippen LogP contribution in [0.4, 0.5) is 5.69 Å². The third kappa shape index (κ3) is 2.97. The highest BCUT2D eigenvalue weighted by Crippen LogP contribution is 2.25. The second-order valence-corrected chi connectivity index (χ2v) is 5.03. The number of pyridine rings is 1. The largest absolute Gasteiger partial charge is 0.369 e. The predicted octanol–water partition coefficient (Wildman–Crippen LogP) is 1.90. The first kappa shape index (κ1) is 12.4. The summed E-state index contributed by atoms with van der Waals surface area (Å²) in [5, 5.41) is 0. The van der Waals surface area contributed by atoms with Gasteiger partial charge >= 0.3 is 0 Å². The molecular weight excluding hydrogens is 282 g/mol. The molecule has 0 unspecified atom stereocenters. The van der Waals surface area contributed by atoms with Crippen LogP contribution >= 0.6 is 15.9 Å². The number of anilines is 1. The molecule has 2 heterocycles. The Morgan fingerprint density at radius 1 is 1.35 bits per heavy atom. The fourth-order valence-electron chi connectivity index (χ4n) is 2.10. The molecule has 1 saturated heterocycles. The summed E-state index contributed by atoms with van der Waals surface area (Å²) in [7, 11) is 0. The molecule has 17 heavy (non-hydrogen) atoms. The molecule has 2 rings (SSSR count). The van der Waals surface area contributed by atoms with Crippen LogP contribution in [0.2, 0.25) is 0 Å². The molecule has 1 aromatic rings. The van der Waals surface area contributed by atoms with E-state index in [1.54, 1.807) is 13.1 Å². The van der Waals surface area contributed by atoms with Crippen LogP contribution in [-0.4, -0.2) is 42.0 Å². The molecule has 4 nitrogen and oxygen atoms in total. The van der Waals surface area contributed by atoms with Gasteiger partial charge in [-0.25, -0.2) is 0 Å². The highest BCUT2D eigenvalue weighted by atomic mass is 79.9. The van der Waals surface area contributed by atoms with Gasteiger partial charge in [-0.3, -0.25) is 9.78 Å². The van der Waals surface area contributed by atoms with Crippen molar-refractivity contribution in [1.82, 2.24) is 9.88 Å². The van der Waals surface area contributed by atoms with Crippen molar-refractivity contribution in [2.24, 2.45) is 0 Å². The summed E-state index contributed by atoms with van der Waals surface area (Å²) >= 11 is 3.52. The molecule has 0 atom stereocenters. The molecule has 1 amide bonds. The van der Waals surface area contributed by atoms with Gasteiger partial charge in [-0.15, -0.1) is 0 Å². The second kappa shape index (κ2) is 5.49. The molecule has 0 bridgehead atoms. The van der Waals surface area contributed by atoms with Gasteiger partial charge in [-0.05, 0) is 28.4 Å². The van der Waals surface area contributed by atoms with Crippen LogP contribution in [0.15, 0.2) is 22.9 Å². The first-order valence-corrected chi connectivity index (χ1v) is 6.58. The van der Waals surface area contributed by atoms with Gasteiger partial charge in [0.15, 0.2) is 0 Å². The third-order valence-electron chi connectivity index (χ3n) is 3.03. The number of hydrogen-bond acceptors (Lipinski definition) is 3. The van der Waals surface area contributed by atoms with E-state index in [0.717, 1.165) is 42.8 Å². The Hall–Kier alpha value is -1.10. The van der Waals surface area contributed by atoms with Crippen molar-refractivity contribution in [1.29, 1.82) is 0 Å². The molecule has 92 valence electrons. The standard InChI is InChI=1S/C12H16BrN3O/c1-10(17)15-5-2-6-16(8-7-15)12-3-4-14-9-11(12)13/h3-4,9H,2,5-8H2,1H3. The molecule has 0 spiro atoms. The van der Waals surface area contributed by atoms with E-state index in [0.29, 0.717) is 0 Å². The van der Waals surface area contributed by atoms with Crippen molar-refractivity contribution in [2.45, 2.75) is 13.3 Å².